The molecule has 0 unspecified atom stereocenters. The summed E-state index contributed by atoms with van der Waals surface area (Å²) in [4.78, 5) is 29.8. The molecule has 0 saturated carbocycles. The molecule has 0 spiro atoms. The Morgan fingerprint density at radius 1 is 1.14 bits per heavy atom. The summed E-state index contributed by atoms with van der Waals surface area (Å²) in [5.74, 6) is 1.26. The molecule has 5 heterocycles. The third-order valence-electron chi connectivity index (χ3n) is 4.44. The van der Waals surface area contributed by atoms with Crippen LogP contribution in [0.1, 0.15) is 10.4 Å². The van der Waals surface area contributed by atoms with E-state index < -0.39 is 0 Å². The highest BCUT2D eigenvalue weighted by atomic mass is 32.1. The summed E-state index contributed by atoms with van der Waals surface area (Å²) in [6, 6.07) is 5.26. The van der Waals surface area contributed by atoms with Crippen molar-refractivity contribution in [3.05, 3.63) is 47.7 Å². The lowest BCUT2D eigenvalue weighted by Crippen LogP contribution is -2.37. The average molecular weight is 408 g/mol. The van der Waals surface area contributed by atoms with Crippen molar-refractivity contribution in [1.82, 2.24) is 29.9 Å². The SMILES string of the molecule is O=C(Nc1cccc(-n2nccn2)n1)c1csc2cnc(N3CCOCC3)nc12. The molecule has 11 heteroatoms. The lowest BCUT2D eigenvalue weighted by molar-refractivity contribution is 0.102. The Balaban J connectivity index is 1.41. The summed E-state index contributed by atoms with van der Waals surface area (Å²) in [6.45, 7) is 2.75. The molecule has 0 aliphatic carbocycles. The van der Waals surface area contributed by atoms with Crippen LogP contribution in [0.3, 0.4) is 0 Å². The Bertz CT molecular complexity index is 1150. The number of aromatic nitrogens is 6. The Kier molecular flexibility index (Phi) is 4.58. The molecule has 0 bridgehead atoms. The molecule has 4 aromatic rings. The minimum absolute atomic E-state index is 0.277. The van der Waals surface area contributed by atoms with Crippen molar-refractivity contribution < 1.29 is 9.53 Å². The number of nitrogens with zero attached hydrogens (tertiary/aromatic N) is 7. The number of morpholine rings is 1. The van der Waals surface area contributed by atoms with Crippen molar-refractivity contribution in [3.8, 4) is 5.82 Å². The molecule has 1 saturated heterocycles. The van der Waals surface area contributed by atoms with Gasteiger partial charge in [0.05, 0.1) is 47.6 Å². The quantitative estimate of drug-likeness (QED) is 0.544. The maximum absolute atomic E-state index is 12.9. The van der Waals surface area contributed by atoms with Gasteiger partial charge in [0.1, 0.15) is 5.82 Å². The predicted octanol–water partition coefficient (Wildman–Crippen LogP) is 1.76. The van der Waals surface area contributed by atoms with Gasteiger partial charge in [-0.3, -0.25) is 4.79 Å². The maximum atomic E-state index is 12.9. The van der Waals surface area contributed by atoms with E-state index in [4.69, 9.17) is 4.74 Å². The minimum atomic E-state index is -0.277. The zero-order chi connectivity index (χ0) is 19.6. The van der Waals surface area contributed by atoms with Crippen molar-refractivity contribution in [2.24, 2.45) is 0 Å². The zero-order valence-electron chi connectivity index (χ0n) is 15.2. The van der Waals surface area contributed by atoms with Crippen LogP contribution in [0.2, 0.25) is 0 Å². The van der Waals surface area contributed by atoms with Crippen LogP contribution in [-0.2, 0) is 4.74 Å². The minimum Gasteiger partial charge on any atom is -0.378 e. The fraction of sp³-hybridized carbons (Fsp3) is 0.222. The molecule has 0 aromatic carbocycles. The summed E-state index contributed by atoms with van der Waals surface area (Å²) in [6.07, 6.45) is 4.89. The molecule has 29 heavy (non-hydrogen) atoms. The molecular weight excluding hydrogens is 392 g/mol. The third kappa shape index (κ3) is 3.52. The number of fused-ring (bicyclic) bond motifs is 1. The second-order valence-electron chi connectivity index (χ2n) is 6.29. The Morgan fingerprint density at radius 3 is 2.79 bits per heavy atom. The number of pyridine rings is 1. The smallest absolute Gasteiger partial charge is 0.259 e. The van der Waals surface area contributed by atoms with Crippen LogP contribution >= 0.6 is 11.3 Å². The molecule has 4 aromatic heterocycles. The van der Waals surface area contributed by atoms with Gasteiger partial charge < -0.3 is 15.0 Å². The van der Waals surface area contributed by atoms with Gasteiger partial charge in [0.2, 0.25) is 5.95 Å². The molecule has 0 radical (unpaired) electrons. The Hall–Kier alpha value is -3.44. The van der Waals surface area contributed by atoms with Gasteiger partial charge in [-0.05, 0) is 12.1 Å². The normalized spacial score (nSPS) is 14.3. The van der Waals surface area contributed by atoms with E-state index in [0.29, 0.717) is 41.9 Å². The summed E-state index contributed by atoms with van der Waals surface area (Å²) in [7, 11) is 0. The predicted molar refractivity (Wildman–Crippen MR) is 108 cm³/mol. The van der Waals surface area contributed by atoms with Crippen molar-refractivity contribution >= 4 is 39.2 Å². The Labute approximate surface area is 169 Å². The number of anilines is 2. The standard InChI is InChI=1S/C18H16N8O2S/c27-17(23-14-2-1-3-15(22-14)26-20-4-5-21-26)12-11-29-13-10-19-18(24-16(12)13)25-6-8-28-9-7-25/h1-5,10-11H,6-9H2,(H,22,23,27). The largest absolute Gasteiger partial charge is 0.378 e. The number of carbonyl (C=O) groups is 1. The van der Waals surface area contributed by atoms with Crippen molar-refractivity contribution in [3.63, 3.8) is 0 Å². The first-order valence-corrected chi connectivity index (χ1v) is 9.88. The molecule has 5 rings (SSSR count). The van der Waals surface area contributed by atoms with Gasteiger partial charge in [-0.1, -0.05) is 6.07 Å². The van der Waals surface area contributed by atoms with Crippen LogP contribution in [0.25, 0.3) is 16.0 Å². The van der Waals surface area contributed by atoms with Crippen LogP contribution in [0.15, 0.2) is 42.2 Å². The molecule has 1 aliphatic heterocycles. The average Bonchev–Trinajstić information content (AvgIpc) is 3.44. The summed E-state index contributed by atoms with van der Waals surface area (Å²) in [5, 5.41) is 12.7. The highest BCUT2D eigenvalue weighted by Crippen LogP contribution is 2.26. The van der Waals surface area contributed by atoms with E-state index in [0.717, 1.165) is 17.8 Å². The van der Waals surface area contributed by atoms with Crippen LogP contribution in [0.4, 0.5) is 11.8 Å². The van der Waals surface area contributed by atoms with Gasteiger partial charge in [0.15, 0.2) is 5.82 Å². The topological polar surface area (TPSA) is 111 Å². The number of rotatable bonds is 4. The zero-order valence-corrected chi connectivity index (χ0v) is 16.0. The molecule has 1 aliphatic rings. The van der Waals surface area contributed by atoms with Crippen molar-refractivity contribution in [1.29, 1.82) is 0 Å². The lowest BCUT2D eigenvalue weighted by Gasteiger charge is -2.26. The van der Waals surface area contributed by atoms with E-state index in [1.807, 2.05) is 0 Å². The number of nitrogens with one attached hydrogen (secondary N) is 1. The van der Waals surface area contributed by atoms with Gasteiger partial charge >= 0.3 is 0 Å². The highest BCUT2D eigenvalue weighted by Gasteiger charge is 2.19. The highest BCUT2D eigenvalue weighted by molar-refractivity contribution is 7.17. The second kappa shape index (κ2) is 7.53. The van der Waals surface area contributed by atoms with Gasteiger partial charge in [0, 0.05) is 18.5 Å². The maximum Gasteiger partial charge on any atom is 0.259 e. The number of carbonyl (C=O) groups excluding carboxylic acids is 1. The molecule has 146 valence electrons. The molecule has 1 N–H and O–H groups in total. The fourth-order valence-electron chi connectivity index (χ4n) is 3.02. The second-order valence-corrected chi connectivity index (χ2v) is 7.20. The number of ether oxygens (including phenoxy) is 1. The number of thiophene rings is 1. The van der Waals surface area contributed by atoms with Gasteiger partial charge in [-0.25, -0.2) is 15.0 Å². The molecule has 10 nitrogen and oxygen atoms in total. The number of hydrogen-bond donors (Lipinski definition) is 1. The third-order valence-corrected chi connectivity index (χ3v) is 5.35. The molecule has 0 atom stereocenters. The molecular formula is C18H16N8O2S. The summed E-state index contributed by atoms with van der Waals surface area (Å²) in [5.41, 5.74) is 1.13. The van der Waals surface area contributed by atoms with Gasteiger partial charge in [-0.2, -0.15) is 10.2 Å². The number of hydrogen-bond acceptors (Lipinski definition) is 9. The van der Waals surface area contributed by atoms with Crippen LogP contribution in [-0.4, -0.2) is 62.2 Å². The fourth-order valence-corrected chi connectivity index (χ4v) is 3.86. The summed E-state index contributed by atoms with van der Waals surface area (Å²) >= 11 is 1.44. The first kappa shape index (κ1) is 17.6. The van der Waals surface area contributed by atoms with E-state index in [2.05, 4.69) is 35.4 Å². The Morgan fingerprint density at radius 2 is 1.97 bits per heavy atom. The van der Waals surface area contributed by atoms with E-state index in [1.54, 1.807) is 42.2 Å². The first-order chi connectivity index (χ1) is 14.3. The van der Waals surface area contributed by atoms with Crippen molar-refractivity contribution in [2.75, 3.05) is 36.5 Å². The van der Waals surface area contributed by atoms with E-state index in [-0.39, 0.29) is 5.91 Å². The first-order valence-electron chi connectivity index (χ1n) is 9.00. The van der Waals surface area contributed by atoms with E-state index >= 15 is 0 Å². The van der Waals surface area contributed by atoms with Crippen molar-refractivity contribution in [2.45, 2.75) is 0 Å². The monoisotopic (exact) mass is 408 g/mol. The van der Waals surface area contributed by atoms with Gasteiger partial charge in [-0.15, -0.1) is 16.1 Å². The van der Waals surface area contributed by atoms with E-state index in [9.17, 15) is 4.79 Å². The lowest BCUT2D eigenvalue weighted by atomic mass is 10.2. The molecule has 1 fully saturated rings. The van der Waals surface area contributed by atoms with Crippen LogP contribution < -0.4 is 10.2 Å². The summed E-state index contributed by atoms with van der Waals surface area (Å²) < 4.78 is 6.24. The van der Waals surface area contributed by atoms with Crippen LogP contribution in [0.5, 0.6) is 0 Å². The van der Waals surface area contributed by atoms with Crippen LogP contribution in [0, 0.1) is 0 Å². The van der Waals surface area contributed by atoms with E-state index in [1.165, 1.54) is 16.1 Å². The van der Waals surface area contributed by atoms with Gasteiger partial charge in [0.25, 0.3) is 5.91 Å². The molecule has 1 amide bonds. The number of amides is 1.